The van der Waals surface area contributed by atoms with E-state index >= 15 is 0 Å². The number of nitrogens with zero attached hydrogens (tertiary/aromatic N) is 1. The first-order valence-electron chi connectivity index (χ1n) is 5.79. The van der Waals surface area contributed by atoms with Crippen LogP contribution in [-0.4, -0.2) is 42.8 Å². The highest BCUT2D eigenvalue weighted by Gasteiger charge is 2.21. The van der Waals surface area contributed by atoms with E-state index in [0.717, 1.165) is 13.1 Å². The Bertz CT molecular complexity index is 152. The molecule has 1 aliphatic carbocycles. The van der Waals surface area contributed by atoms with Crippen LogP contribution in [0.25, 0.3) is 0 Å². The number of hydrogen-bond acceptors (Lipinski definition) is 3. The fourth-order valence-corrected chi connectivity index (χ4v) is 2.30. The summed E-state index contributed by atoms with van der Waals surface area (Å²) in [5, 5.41) is 8.81. The molecule has 3 heteroatoms. The molecule has 0 bridgehead atoms. The van der Waals surface area contributed by atoms with E-state index < -0.39 is 0 Å². The maximum Gasteiger partial charge on any atom is 0.0558 e. The third kappa shape index (κ3) is 3.95. The lowest BCUT2D eigenvalue weighted by atomic mass is 9.95. The highest BCUT2D eigenvalue weighted by Crippen LogP contribution is 2.22. The number of rotatable bonds is 4. The fraction of sp³-hybridized carbons (Fsp3) is 1.00. The molecule has 0 spiro atoms. The Morgan fingerprint density at radius 1 is 1.29 bits per heavy atom. The van der Waals surface area contributed by atoms with Crippen molar-refractivity contribution in [3.05, 3.63) is 0 Å². The number of nitrogens with two attached hydrogens (primary N) is 1. The van der Waals surface area contributed by atoms with E-state index in [1.807, 2.05) is 0 Å². The van der Waals surface area contributed by atoms with Crippen LogP contribution in [0.1, 0.15) is 32.1 Å². The van der Waals surface area contributed by atoms with Gasteiger partial charge < -0.3 is 15.7 Å². The van der Waals surface area contributed by atoms with Crippen LogP contribution in [0.3, 0.4) is 0 Å². The zero-order chi connectivity index (χ0) is 10.4. The molecule has 3 nitrogen and oxygen atoms in total. The second-order valence-electron chi connectivity index (χ2n) is 4.55. The van der Waals surface area contributed by atoms with E-state index in [-0.39, 0.29) is 6.61 Å². The number of hydrogen-bond donors (Lipinski definition) is 2. The van der Waals surface area contributed by atoms with Crippen molar-refractivity contribution in [1.82, 2.24) is 4.90 Å². The molecule has 0 saturated heterocycles. The Morgan fingerprint density at radius 3 is 2.71 bits per heavy atom. The van der Waals surface area contributed by atoms with Crippen molar-refractivity contribution in [2.24, 2.45) is 11.7 Å². The van der Waals surface area contributed by atoms with Crippen LogP contribution in [0.4, 0.5) is 0 Å². The van der Waals surface area contributed by atoms with Gasteiger partial charge in [0.25, 0.3) is 0 Å². The van der Waals surface area contributed by atoms with Crippen molar-refractivity contribution < 1.29 is 5.11 Å². The first-order valence-corrected chi connectivity index (χ1v) is 5.79. The maximum atomic E-state index is 8.81. The normalized spacial score (nSPS) is 29.1. The largest absolute Gasteiger partial charge is 0.395 e. The van der Waals surface area contributed by atoms with Crippen LogP contribution in [0.5, 0.6) is 0 Å². The van der Waals surface area contributed by atoms with Crippen molar-refractivity contribution in [2.75, 3.05) is 26.7 Å². The van der Waals surface area contributed by atoms with E-state index in [9.17, 15) is 0 Å². The third-order valence-electron chi connectivity index (χ3n) is 3.25. The summed E-state index contributed by atoms with van der Waals surface area (Å²) >= 11 is 0. The molecule has 0 heterocycles. The maximum absolute atomic E-state index is 8.81. The van der Waals surface area contributed by atoms with E-state index in [2.05, 4.69) is 11.9 Å². The zero-order valence-electron chi connectivity index (χ0n) is 9.28. The predicted molar refractivity (Wildman–Crippen MR) is 59.1 cm³/mol. The molecule has 1 rings (SSSR count). The van der Waals surface area contributed by atoms with E-state index in [0.29, 0.717) is 12.0 Å². The van der Waals surface area contributed by atoms with Crippen molar-refractivity contribution in [2.45, 2.75) is 38.1 Å². The first kappa shape index (κ1) is 12.0. The smallest absolute Gasteiger partial charge is 0.0558 e. The lowest BCUT2D eigenvalue weighted by molar-refractivity contribution is 0.189. The number of aliphatic hydroxyl groups excluding tert-OH is 1. The van der Waals surface area contributed by atoms with Crippen LogP contribution in [-0.2, 0) is 0 Å². The summed E-state index contributed by atoms with van der Waals surface area (Å²) in [5.74, 6) is 0.633. The monoisotopic (exact) mass is 200 g/mol. The van der Waals surface area contributed by atoms with Crippen molar-refractivity contribution in [3.8, 4) is 0 Å². The molecular formula is C11H24N2O. The summed E-state index contributed by atoms with van der Waals surface area (Å²) in [6.45, 7) is 2.06. The minimum absolute atomic E-state index is 0.248. The molecule has 1 aliphatic rings. The van der Waals surface area contributed by atoms with Crippen molar-refractivity contribution in [3.63, 3.8) is 0 Å². The molecule has 84 valence electrons. The van der Waals surface area contributed by atoms with Crippen LogP contribution >= 0.6 is 0 Å². The summed E-state index contributed by atoms with van der Waals surface area (Å²) in [6.07, 6.45) is 6.40. The van der Waals surface area contributed by atoms with Crippen molar-refractivity contribution in [1.29, 1.82) is 0 Å². The van der Waals surface area contributed by atoms with Gasteiger partial charge in [-0.25, -0.2) is 0 Å². The standard InChI is InChI=1S/C11H24N2O/c1-13(7-8-14)9-10-5-3-2-4-6-11(10)12/h10-11,14H,2-9,12H2,1H3. The summed E-state index contributed by atoms with van der Waals surface area (Å²) in [6, 6.07) is 0.374. The van der Waals surface area contributed by atoms with E-state index in [1.165, 1.54) is 32.1 Å². The average molecular weight is 200 g/mol. The van der Waals surface area contributed by atoms with Crippen molar-refractivity contribution >= 4 is 0 Å². The molecule has 2 atom stereocenters. The van der Waals surface area contributed by atoms with Crippen LogP contribution in [0, 0.1) is 5.92 Å². The SMILES string of the molecule is CN(CCO)CC1CCCCCC1N. The van der Waals surface area contributed by atoms with Gasteiger partial charge >= 0.3 is 0 Å². The Kier molecular flexibility index (Phi) is 5.45. The van der Waals surface area contributed by atoms with E-state index in [1.54, 1.807) is 0 Å². The molecule has 0 amide bonds. The highest BCUT2D eigenvalue weighted by molar-refractivity contribution is 4.78. The molecule has 3 N–H and O–H groups in total. The third-order valence-corrected chi connectivity index (χ3v) is 3.25. The molecule has 1 saturated carbocycles. The van der Waals surface area contributed by atoms with E-state index in [4.69, 9.17) is 10.8 Å². The Morgan fingerprint density at radius 2 is 2.00 bits per heavy atom. The molecule has 0 aromatic rings. The van der Waals surface area contributed by atoms with Gasteiger partial charge in [-0.2, -0.15) is 0 Å². The molecular weight excluding hydrogens is 176 g/mol. The Hall–Kier alpha value is -0.120. The first-order chi connectivity index (χ1) is 6.74. The summed E-state index contributed by atoms with van der Waals surface area (Å²) in [4.78, 5) is 2.19. The Labute approximate surface area is 87.3 Å². The Balaban J connectivity index is 2.32. The molecule has 0 aliphatic heterocycles. The topological polar surface area (TPSA) is 49.5 Å². The number of likely N-dealkylation sites (N-methyl/N-ethyl adjacent to an activating group) is 1. The van der Waals surface area contributed by atoms with Crippen LogP contribution < -0.4 is 5.73 Å². The predicted octanol–water partition coefficient (Wildman–Crippen LogP) is 0.818. The van der Waals surface area contributed by atoms with Crippen LogP contribution in [0.2, 0.25) is 0 Å². The van der Waals surface area contributed by atoms with Gasteiger partial charge in [-0.1, -0.05) is 19.3 Å². The second-order valence-corrected chi connectivity index (χ2v) is 4.55. The lowest BCUT2D eigenvalue weighted by Gasteiger charge is -2.26. The van der Waals surface area contributed by atoms with Gasteiger partial charge in [0.05, 0.1) is 6.61 Å². The highest BCUT2D eigenvalue weighted by atomic mass is 16.3. The summed E-state index contributed by atoms with van der Waals surface area (Å²) < 4.78 is 0. The van der Waals surface area contributed by atoms with Gasteiger partial charge in [-0.05, 0) is 25.8 Å². The van der Waals surface area contributed by atoms with Crippen LogP contribution in [0.15, 0.2) is 0 Å². The fourth-order valence-electron chi connectivity index (χ4n) is 2.30. The summed E-state index contributed by atoms with van der Waals surface area (Å²) in [7, 11) is 2.06. The van der Waals surface area contributed by atoms with Gasteiger partial charge in [0.15, 0.2) is 0 Å². The molecule has 0 aromatic carbocycles. The molecule has 0 radical (unpaired) electrons. The van der Waals surface area contributed by atoms with Gasteiger partial charge in [0, 0.05) is 19.1 Å². The molecule has 0 aromatic heterocycles. The average Bonchev–Trinajstić information content (AvgIpc) is 2.33. The molecule has 2 unspecified atom stereocenters. The van der Waals surface area contributed by atoms with Gasteiger partial charge in [-0.3, -0.25) is 0 Å². The quantitative estimate of drug-likeness (QED) is 0.661. The second kappa shape index (κ2) is 6.38. The van der Waals surface area contributed by atoms with Gasteiger partial charge in [-0.15, -0.1) is 0 Å². The number of aliphatic hydroxyl groups is 1. The molecule has 1 fully saturated rings. The zero-order valence-corrected chi connectivity index (χ0v) is 9.28. The van der Waals surface area contributed by atoms with Gasteiger partial charge in [0.2, 0.25) is 0 Å². The minimum Gasteiger partial charge on any atom is -0.395 e. The van der Waals surface area contributed by atoms with Gasteiger partial charge in [0.1, 0.15) is 0 Å². The minimum atomic E-state index is 0.248. The summed E-state index contributed by atoms with van der Waals surface area (Å²) in [5.41, 5.74) is 6.13. The molecule has 14 heavy (non-hydrogen) atoms. The lowest BCUT2D eigenvalue weighted by Crippen LogP contribution is -2.38.